The molecule has 0 aromatic heterocycles. The van der Waals surface area contributed by atoms with Crippen molar-refractivity contribution in [3.05, 3.63) is 34.9 Å². The van der Waals surface area contributed by atoms with Crippen LogP contribution in [0, 0.1) is 0 Å². The van der Waals surface area contributed by atoms with E-state index in [0.29, 0.717) is 36.8 Å². The third-order valence-electron chi connectivity index (χ3n) is 5.66. The molecule has 0 saturated carbocycles. The van der Waals surface area contributed by atoms with Crippen molar-refractivity contribution >= 4 is 29.3 Å². The van der Waals surface area contributed by atoms with E-state index in [1.165, 1.54) is 44.6 Å². The lowest BCUT2D eigenvalue weighted by Gasteiger charge is -2.22. The van der Waals surface area contributed by atoms with Crippen LogP contribution in [-0.4, -0.2) is 43.5 Å². The van der Waals surface area contributed by atoms with Gasteiger partial charge in [-0.25, -0.2) is 0 Å². The van der Waals surface area contributed by atoms with E-state index < -0.39 is 12.1 Å². The minimum atomic E-state index is -0.790. The van der Waals surface area contributed by atoms with E-state index in [9.17, 15) is 14.4 Å². The summed E-state index contributed by atoms with van der Waals surface area (Å²) >= 11 is 5.92. The predicted octanol–water partition coefficient (Wildman–Crippen LogP) is 5.55. The fourth-order valence-electron chi connectivity index (χ4n) is 3.75. The van der Waals surface area contributed by atoms with Gasteiger partial charge in [0.25, 0.3) is 0 Å². The van der Waals surface area contributed by atoms with E-state index in [4.69, 9.17) is 21.1 Å². The quantitative estimate of drug-likeness (QED) is 0.177. The van der Waals surface area contributed by atoms with Gasteiger partial charge < -0.3 is 14.8 Å². The van der Waals surface area contributed by atoms with Crippen molar-refractivity contribution in [2.45, 2.75) is 96.7 Å². The van der Waals surface area contributed by atoms with Crippen LogP contribution in [0.1, 0.15) is 84.5 Å². The Hall–Kier alpha value is -1.92. The molecule has 0 aromatic rings. The molecule has 0 heterocycles. The first-order chi connectivity index (χ1) is 15.9. The van der Waals surface area contributed by atoms with Gasteiger partial charge in [-0.15, -0.1) is 0 Å². The van der Waals surface area contributed by atoms with Crippen molar-refractivity contribution in [3.63, 3.8) is 0 Å². The topological polar surface area (TPSA) is 81.7 Å². The highest BCUT2D eigenvalue weighted by Crippen LogP contribution is 2.24. The zero-order valence-electron chi connectivity index (χ0n) is 20.4. The van der Waals surface area contributed by atoms with Crippen molar-refractivity contribution in [1.29, 1.82) is 0 Å². The summed E-state index contributed by atoms with van der Waals surface area (Å²) in [6.07, 6.45) is 15.5. The first kappa shape index (κ1) is 29.1. The monoisotopic (exact) mass is 481 g/mol. The predicted molar refractivity (Wildman–Crippen MR) is 132 cm³/mol. The van der Waals surface area contributed by atoms with Gasteiger partial charge in [0, 0.05) is 38.1 Å². The third-order valence-corrected chi connectivity index (χ3v) is 5.93. The van der Waals surface area contributed by atoms with E-state index in [2.05, 4.69) is 18.3 Å². The Morgan fingerprint density at radius 2 is 2.00 bits per heavy atom. The highest BCUT2D eigenvalue weighted by Gasteiger charge is 2.29. The number of allylic oxidation sites excluding steroid dienone is 2. The first-order valence-electron chi connectivity index (χ1n) is 12.1. The van der Waals surface area contributed by atoms with Gasteiger partial charge in [-0.1, -0.05) is 68.9 Å². The molecule has 33 heavy (non-hydrogen) atoms. The molecule has 0 aromatic carbocycles. The van der Waals surface area contributed by atoms with Gasteiger partial charge in [-0.05, 0) is 37.7 Å². The normalized spacial score (nSPS) is 17.7. The van der Waals surface area contributed by atoms with E-state index >= 15 is 0 Å². The minimum absolute atomic E-state index is 0.115. The number of amides is 1. The zero-order chi connectivity index (χ0) is 24.5. The molecule has 1 rings (SSSR count). The number of Topliss-reactive ketones (excluding diaryl/α,β-unsaturated/α-hetero) is 1. The number of carbonyl (C=O) groups excluding carboxylic acids is 3. The number of methoxy groups -OCH3 is 1. The maximum Gasteiger partial charge on any atom is 0.303 e. The highest BCUT2D eigenvalue weighted by atomic mass is 35.5. The average Bonchev–Trinajstić information content (AvgIpc) is 2.79. The Morgan fingerprint density at radius 3 is 2.67 bits per heavy atom. The fourth-order valence-corrected chi connectivity index (χ4v) is 3.94. The number of ether oxygens (including phenoxy) is 2. The molecule has 0 radical (unpaired) electrons. The van der Waals surface area contributed by atoms with Gasteiger partial charge in [0.05, 0.1) is 6.10 Å². The number of nitrogens with one attached hydrogen (secondary N) is 1. The van der Waals surface area contributed by atoms with Crippen LogP contribution in [0.25, 0.3) is 0 Å². The number of esters is 1. The maximum absolute atomic E-state index is 12.6. The smallest absolute Gasteiger partial charge is 0.303 e. The molecule has 0 aliphatic heterocycles. The molecule has 0 bridgehead atoms. The van der Waals surface area contributed by atoms with Crippen LogP contribution < -0.4 is 5.32 Å². The molecular weight excluding hydrogens is 442 g/mol. The number of carbonyl (C=O) groups is 3. The van der Waals surface area contributed by atoms with Crippen LogP contribution in [0.15, 0.2) is 34.9 Å². The summed E-state index contributed by atoms with van der Waals surface area (Å²) in [5.74, 6) is -0.884. The second kappa shape index (κ2) is 17.5. The zero-order valence-corrected chi connectivity index (χ0v) is 21.1. The van der Waals surface area contributed by atoms with Gasteiger partial charge >= 0.3 is 5.97 Å². The fraction of sp³-hybridized carbons (Fsp3) is 0.654. The van der Waals surface area contributed by atoms with Gasteiger partial charge in [-0.2, -0.15) is 0 Å². The number of hydrogen-bond acceptors (Lipinski definition) is 5. The van der Waals surface area contributed by atoms with E-state index in [-0.39, 0.29) is 24.3 Å². The van der Waals surface area contributed by atoms with Gasteiger partial charge in [0.1, 0.15) is 0 Å². The van der Waals surface area contributed by atoms with Crippen molar-refractivity contribution in [1.82, 2.24) is 5.32 Å². The lowest BCUT2D eigenvalue weighted by atomic mass is 9.90. The van der Waals surface area contributed by atoms with Crippen LogP contribution in [0.3, 0.4) is 0 Å². The summed E-state index contributed by atoms with van der Waals surface area (Å²) in [5, 5.41) is 2.81. The molecule has 0 saturated heterocycles. The summed E-state index contributed by atoms with van der Waals surface area (Å²) in [4.78, 5) is 36.0. The van der Waals surface area contributed by atoms with Crippen molar-refractivity contribution < 1.29 is 23.9 Å². The summed E-state index contributed by atoms with van der Waals surface area (Å²) in [6, 6.07) is 0. The van der Waals surface area contributed by atoms with E-state index in [1.54, 1.807) is 13.2 Å². The average molecular weight is 482 g/mol. The van der Waals surface area contributed by atoms with Crippen LogP contribution in [0.5, 0.6) is 0 Å². The minimum Gasteiger partial charge on any atom is -0.454 e. The number of ketones is 1. The van der Waals surface area contributed by atoms with Gasteiger partial charge in [0.2, 0.25) is 11.7 Å². The van der Waals surface area contributed by atoms with Crippen molar-refractivity contribution in [2.24, 2.45) is 0 Å². The molecule has 186 valence electrons. The van der Waals surface area contributed by atoms with E-state index in [0.717, 1.165) is 12.8 Å². The molecule has 1 aliphatic carbocycles. The SMILES string of the molecule is CCCCCCC[C@@H](C/C=C/CCC(=O)NC/C(=C/Cl)C1=CCC[C@@H](OC(C)=O)C1=O)OC. The highest BCUT2D eigenvalue weighted by molar-refractivity contribution is 6.26. The van der Waals surface area contributed by atoms with Gasteiger partial charge in [0.15, 0.2) is 6.10 Å². The van der Waals surface area contributed by atoms with E-state index in [1.807, 2.05) is 6.08 Å². The Morgan fingerprint density at radius 1 is 1.24 bits per heavy atom. The van der Waals surface area contributed by atoms with Crippen LogP contribution in [0.2, 0.25) is 0 Å². The molecule has 0 unspecified atom stereocenters. The van der Waals surface area contributed by atoms with Crippen molar-refractivity contribution in [2.75, 3.05) is 13.7 Å². The molecule has 1 amide bonds. The number of halogens is 1. The second-order valence-electron chi connectivity index (χ2n) is 8.37. The van der Waals surface area contributed by atoms with Crippen molar-refractivity contribution in [3.8, 4) is 0 Å². The lowest BCUT2D eigenvalue weighted by molar-refractivity contribution is -0.152. The molecule has 2 atom stereocenters. The largest absolute Gasteiger partial charge is 0.454 e. The Balaban J connectivity index is 2.34. The second-order valence-corrected chi connectivity index (χ2v) is 8.59. The molecule has 1 aliphatic rings. The number of unbranched alkanes of at least 4 members (excludes halogenated alkanes) is 4. The Kier molecular flexibility index (Phi) is 15.5. The summed E-state index contributed by atoms with van der Waals surface area (Å²) in [5.41, 5.74) is 2.22. The van der Waals surface area contributed by atoms with Gasteiger partial charge in [-0.3, -0.25) is 14.4 Å². The lowest BCUT2D eigenvalue weighted by Crippen LogP contribution is -2.33. The molecule has 0 fully saturated rings. The molecule has 6 nitrogen and oxygen atoms in total. The Bertz CT molecular complexity index is 713. The molecular formula is C26H40ClNO5. The maximum atomic E-state index is 12.6. The molecule has 7 heteroatoms. The number of hydrogen-bond donors (Lipinski definition) is 1. The third kappa shape index (κ3) is 12.2. The number of rotatable bonds is 16. The molecule has 0 spiro atoms. The van der Waals surface area contributed by atoms with Crippen LogP contribution >= 0.6 is 11.6 Å². The van der Waals surface area contributed by atoms with Crippen LogP contribution in [-0.2, 0) is 23.9 Å². The van der Waals surface area contributed by atoms with Crippen LogP contribution in [0.4, 0.5) is 0 Å². The first-order valence-corrected chi connectivity index (χ1v) is 12.5. The Labute approximate surface area is 203 Å². The standard InChI is InChI=1S/C26H40ClNO5/c1-4-5-6-7-9-13-22(32-3)14-10-8-11-17-25(30)28-19-21(18-27)23-15-12-16-24(26(23)31)33-20(2)29/h8,10,15,18,22,24H,4-7,9,11-14,16-17,19H2,1-3H3,(H,28,30)/b10-8+,21-18-/t22-,24+/m0/s1. The summed E-state index contributed by atoms with van der Waals surface area (Å²) in [7, 11) is 1.75. The molecule has 1 N–H and O–H groups in total. The summed E-state index contributed by atoms with van der Waals surface area (Å²) in [6.45, 7) is 3.65. The summed E-state index contributed by atoms with van der Waals surface area (Å²) < 4.78 is 10.6.